The summed E-state index contributed by atoms with van der Waals surface area (Å²) in [4.78, 5) is 15.7. The summed E-state index contributed by atoms with van der Waals surface area (Å²) in [6.07, 6.45) is 6.23. The van der Waals surface area contributed by atoms with Crippen LogP contribution in [-0.4, -0.2) is 23.2 Å². The average Bonchev–Trinajstić information content (AvgIpc) is 2.67. The average molecular weight is 256 g/mol. The van der Waals surface area contributed by atoms with Crippen LogP contribution in [0.1, 0.15) is 25.7 Å². The Hall–Kier alpha value is -0.550. The van der Waals surface area contributed by atoms with Crippen LogP contribution in [0.3, 0.4) is 0 Å². The molecule has 3 nitrogen and oxygen atoms in total. The highest BCUT2D eigenvalue weighted by molar-refractivity contribution is 8.00. The van der Waals surface area contributed by atoms with E-state index in [1.165, 1.54) is 6.42 Å². The van der Waals surface area contributed by atoms with Gasteiger partial charge in [-0.1, -0.05) is 18.2 Å². The lowest BCUT2D eigenvalue weighted by molar-refractivity contribution is -0.127. The van der Waals surface area contributed by atoms with Gasteiger partial charge < -0.3 is 5.32 Å². The molecule has 0 atom stereocenters. The molecule has 5 heteroatoms. The van der Waals surface area contributed by atoms with Gasteiger partial charge in [0.15, 0.2) is 0 Å². The summed E-state index contributed by atoms with van der Waals surface area (Å²) in [5.74, 6) is 1.59. The number of aromatic nitrogens is 1. The fourth-order valence-corrected chi connectivity index (χ4v) is 3.19. The van der Waals surface area contributed by atoms with E-state index in [4.69, 9.17) is 0 Å². The SMILES string of the molecule is O=C(NCCCSc1nccs1)C1CCC1. The minimum atomic E-state index is 0.255. The molecule has 0 aliphatic heterocycles. The summed E-state index contributed by atoms with van der Waals surface area (Å²) < 4.78 is 1.12. The Bertz CT molecular complexity index is 323. The summed E-state index contributed by atoms with van der Waals surface area (Å²) in [6, 6.07) is 0. The number of amides is 1. The number of nitrogens with one attached hydrogen (secondary N) is 1. The molecule has 1 heterocycles. The van der Waals surface area contributed by atoms with Crippen molar-refractivity contribution < 1.29 is 4.79 Å². The highest BCUT2D eigenvalue weighted by Gasteiger charge is 2.24. The zero-order valence-corrected chi connectivity index (χ0v) is 10.8. The Balaban J connectivity index is 1.50. The van der Waals surface area contributed by atoms with E-state index in [-0.39, 0.29) is 5.91 Å². The van der Waals surface area contributed by atoms with E-state index < -0.39 is 0 Å². The third kappa shape index (κ3) is 3.49. The molecule has 1 aliphatic rings. The van der Waals surface area contributed by atoms with Crippen molar-refractivity contribution in [1.29, 1.82) is 0 Å². The van der Waals surface area contributed by atoms with Gasteiger partial charge in [0.05, 0.1) is 0 Å². The number of nitrogens with zero attached hydrogens (tertiary/aromatic N) is 1. The molecule has 0 spiro atoms. The summed E-state index contributed by atoms with van der Waals surface area (Å²) in [7, 11) is 0. The standard InChI is InChI=1S/C11H16N2OS2/c14-10(9-3-1-4-9)12-5-2-7-15-11-13-6-8-16-11/h6,8-9H,1-5,7H2,(H,12,14). The van der Waals surface area contributed by atoms with Gasteiger partial charge >= 0.3 is 0 Å². The van der Waals surface area contributed by atoms with Crippen LogP contribution in [0.15, 0.2) is 15.9 Å². The van der Waals surface area contributed by atoms with Gasteiger partial charge in [0.1, 0.15) is 4.34 Å². The Labute approximate surface area is 104 Å². The fourth-order valence-electron chi connectivity index (χ4n) is 1.54. The lowest BCUT2D eigenvalue weighted by atomic mass is 9.85. The minimum absolute atomic E-state index is 0.255. The normalized spacial score (nSPS) is 15.8. The molecule has 1 N–H and O–H groups in total. The van der Waals surface area contributed by atoms with Gasteiger partial charge in [0.2, 0.25) is 5.91 Å². The number of thiazole rings is 1. The predicted octanol–water partition coefficient (Wildman–Crippen LogP) is 2.54. The summed E-state index contributed by atoms with van der Waals surface area (Å²) in [5, 5.41) is 4.98. The van der Waals surface area contributed by atoms with Gasteiger partial charge in [-0.2, -0.15) is 0 Å². The van der Waals surface area contributed by atoms with E-state index in [1.807, 2.05) is 11.6 Å². The summed E-state index contributed by atoms with van der Waals surface area (Å²) in [5.41, 5.74) is 0. The van der Waals surface area contributed by atoms with Crippen LogP contribution in [-0.2, 0) is 4.79 Å². The van der Waals surface area contributed by atoms with Crippen LogP contribution in [0.25, 0.3) is 0 Å². The highest BCUT2D eigenvalue weighted by atomic mass is 32.2. The molecule has 0 radical (unpaired) electrons. The minimum Gasteiger partial charge on any atom is -0.356 e. The van der Waals surface area contributed by atoms with E-state index in [1.54, 1.807) is 23.1 Å². The molecule has 1 aromatic rings. The molecular weight excluding hydrogens is 240 g/mol. The lowest BCUT2D eigenvalue weighted by Gasteiger charge is -2.23. The second-order valence-corrected chi connectivity index (χ2v) is 6.16. The van der Waals surface area contributed by atoms with Crippen molar-refractivity contribution in [2.75, 3.05) is 12.3 Å². The van der Waals surface area contributed by atoms with E-state index in [2.05, 4.69) is 10.3 Å². The van der Waals surface area contributed by atoms with E-state index in [0.717, 1.165) is 35.9 Å². The van der Waals surface area contributed by atoms with Crippen molar-refractivity contribution in [3.8, 4) is 0 Å². The molecule has 1 amide bonds. The van der Waals surface area contributed by atoms with Crippen molar-refractivity contribution >= 4 is 29.0 Å². The first kappa shape index (κ1) is 11.9. The van der Waals surface area contributed by atoms with Gasteiger partial charge in [0.25, 0.3) is 0 Å². The second kappa shape index (κ2) is 6.25. The topological polar surface area (TPSA) is 42.0 Å². The molecule has 88 valence electrons. The van der Waals surface area contributed by atoms with Gasteiger partial charge in [-0.3, -0.25) is 4.79 Å². The van der Waals surface area contributed by atoms with Crippen molar-refractivity contribution in [3.63, 3.8) is 0 Å². The molecule has 16 heavy (non-hydrogen) atoms. The maximum Gasteiger partial charge on any atom is 0.223 e. The molecular formula is C11H16N2OS2. The zero-order chi connectivity index (χ0) is 11.2. The van der Waals surface area contributed by atoms with Crippen molar-refractivity contribution in [2.45, 2.75) is 30.0 Å². The largest absolute Gasteiger partial charge is 0.356 e. The number of rotatable bonds is 6. The Kier molecular flexibility index (Phi) is 4.66. The first-order chi connectivity index (χ1) is 7.86. The van der Waals surface area contributed by atoms with E-state index >= 15 is 0 Å². The van der Waals surface area contributed by atoms with Crippen LogP contribution >= 0.6 is 23.1 Å². The maximum absolute atomic E-state index is 11.5. The lowest BCUT2D eigenvalue weighted by Crippen LogP contribution is -2.35. The predicted molar refractivity (Wildman–Crippen MR) is 67.8 cm³/mol. The maximum atomic E-state index is 11.5. The van der Waals surface area contributed by atoms with Crippen molar-refractivity contribution in [2.24, 2.45) is 5.92 Å². The first-order valence-electron chi connectivity index (χ1n) is 5.66. The zero-order valence-electron chi connectivity index (χ0n) is 9.15. The number of carbonyl (C=O) groups excluding carboxylic acids is 1. The number of thioether (sulfide) groups is 1. The molecule has 0 saturated heterocycles. The highest BCUT2D eigenvalue weighted by Crippen LogP contribution is 2.26. The third-order valence-corrected chi connectivity index (χ3v) is 4.78. The monoisotopic (exact) mass is 256 g/mol. The van der Waals surface area contributed by atoms with E-state index in [9.17, 15) is 4.79 Å². The smallest absolute Gasteiger partial charge is 0.223 e. The van der Waals surface area contributed by atoms with Gasteiger partial charge in [-0.25, -0.2) is 4.98 Å². The molecule has 1 fully saturated rings. The van der Waals surface area contributed by atoms with Gasteiger partial charge in [-0.05, 0) is 19.3 Å². The van der Waals surface area contributed by atoms with E-state index in [0.29, 0.717) is 5.92 Å². The van der Waals surface area contributed by atoms with Gasteiger partial charge in [0, 0.05) is 29.8 Å². The van der Waals surface area contributed by atoms with Crippen LogP contribution in [0.2, 0.25) is 0 Å². The summed E-state index contributed by atoms with van der Waals surface area (Å²) >= 11 is 3.43. The third-order valence-electron chi connectivity index (χ3n) is 2.73. The molecule has 0 aromatic carbocycles. The van der Waals surface area contributed by atoms with Crippen LogP contribution < -0.4 is 5.32 Å². The van der Waals surface area contributed by atoms with Crippen molar-refractivity contribution in [3.05, 3.63) is 11.6 Å². The quantitative estimate of drug-likeness (QED) is 0.628. The van der Waals surface area contributed by atoms with Crippen LogP contribution in [0, 0.1) is 5.92 Å². The first-order valence-corrected chi connectivity index (χ1v) is 7.53. The summed E-state index contributed by atoms with van der Waals surface area (Å²) in [6.45, 7) is 0.799. The molecule has 0 bridgehead atoms. The Morgan fingerprint density at radius 1 is 1.62 bits per heavy atom. The fraction of sp³-hybridized carbons (Fsp3) is 0.636. The Morgan fingerprint density at radius 2 is 2.50 bits per heavy atom. The second-order valence-electron chi connectivity index (χ2n) is 3.92. The van der Waals surface area contributed by atoms with Crippen molar-refractivity contribution in [1.82, 2.24) is 10.3 Å². The number of hydrogen-bond donors (Lipinski definition) is 1. The number of hydrogen-bond acceptors (Lipinski definition) is 4. The van der Waals surface area contributed by atoms with Crippen LogP contribution in [0.4, 0.5) is 0 Å². The molecule has 1 aliphatic carbocycles. The van der Waals surface area contributed by atoms with Crippen LogP contribution in [0.5, 0.6) is 0 Å². The molecule has 2 rings (SSSR count). The van der Waals surface area contributed by atoms with Gasteiger partial charge in [-0.15, -0.1) is 11.3 Å². The molecule has 1 saturated carbocycles. The number of carbonyl (C=O) groups is 1. The molecule has 0 unspecified atom stereocenters. The Morgan fingerprint density at radius 3 is 3.12 bits per heavy atom. The molecule has 1 aromatic heterocycles.